The number of aryl methyl sites for hydroxylation is 2. The number of para-hydroxylation sites is 1. The summed E-state index contributed by atoms with van der Waals surface area (Å²) in [6.07, 6.45) is 4.96. The average Bonchev–Trinajstić information content (AvgIpc) is 3.77. The Morgan fingerprint density at radius 3 is 1.60 bits per heavy atom. The molecule has 0 unspecified atom stereocenters. The third kappa shape index (κ3) is 5.83. The number of anilines is 3. The minimum atomic E-state index is -0.510. The maximum Gasteiger partial charge on any atom is 0.0714 e. The van der Waals surface area contributed by atoms with Gasteiger partial charge < -0.3 is 4.90 Å². The molecular formula is C62H49N. The van der Waals surface area contributed by atoms with Gasteiger partial charge in [0.2, 0.25) is 0 Å². The topological polar surface area (TPSA) is 3.24 Å². The third-order valence-corrected chi connectivity index (χ3v) is 14.5. The van der Waals surface area contributed by atoms with Gasteiger partial charge in [-0.1, -0.05) is 190 Å². The first-order chi connectivity index (χ1) is 31.0. The van der Waals surface area contributed by atoms with E-state index in [9.17, 15) is 0 Å². The number of nitrogens with zero attached hydrogens (tertiary/aromatic N) is 1. The first kappa shape index (κ1) is 37.5. The maximum atomic E-state index is 2.52. The summed E-state index contributed by atoms with van der Waals surface area (Å²) in [5.41, 5.74) is 23.8. The first-order valence-electron chi connectivity index (χ1n) is 22.7. The third-order valence-electron chi connectivity index (χ3n) is 14.5. The Balaban J connectivity index is 1.10. The lowest BCUT2D eigenvalue weighted by Gasteiger charge is -2.35. The molecule has 0 saturated carbocycles. The van der Waals surface area contributed by atoms with E-state index in [4.69, 9.17) is 0 Å². The van der Waals surface area contributed by atoms with E-state index in [1.807, 2.05) is 0 Å². The van der Waals surface area contributed by atoms with Crippen LogP contribution in [0.2, 0.25) is 0 Å². The fraction of sp³-hybridized carbons (Fsp3) is 0.129. The lowest BCUT2D eigenvalue weighted by molar-refractivity contribution is 0.660. The lowest BCUT2D eigenvalue weighted by Crippen LogP contribution is -2.28. The molecule has 0 saturated heterocycles. The molecule has 302 valence electrons. The Kier molecular flexibility index (Phi) is 8.76. The van der Waals surface area contributed by atoms with Gasteiger partial charge in [-0.25, -0.2) is 0 Å². The summed E-state index contributed by atoms with van der Waals surface area (Å²) in [6.45, 7) is 4.78. The molecular weight excluding hydrogens is 759 g/mol. The molecule has 0 spiro atoms. The van der Waals surface area contributed by atoms with Crippen molar-refractivity contribution in [3.05, 3.63) is 257 Å². The highest BCUT2D eigenvalue weighted by atomic mass is 15.1. The zero-order valence-electron chi connectivity index (χ0n) is 36.0. The highest BCUT2D eigenvalue weighted by Crippen LogP contribution is 2.58. The highest BCUT2D eigenvalue weighted by molar-refractivity contribution is 5.96. The molecule has 0 amide bonds. The molecule has 0 heterocycles. The summed E-state index contributed by atoms with van der Waals surface area (Å²) in [7, 11) is 0. The van der Waals surface area contributed by atoms with Crippen LogP contribution in [-0.4, -0.2) is 0 Å². The molecule has 3 aliphatic rings. The van der Waals surface area contributed by atoms with E-state index in [0.29, 0.717) is 0 Å². The zero-order chi connectivity index (χ0) is 42.1. The second-order valence-corrected chi connectivity index (χ2v) is 18.3. The van der Waals surface area contributed by atoms with Crippen molar-refractivity contribution in [1.82, 2.24) is 0 Å². The van der Waals surface area contributed by atoms with Crippen molar-refractivity contribution < 1.29 is 0 Å². The van der Waals surface area contributed by atoms with Crippen LogP contribution in [0.1, 0.15) is 71.2 Å². The van der Waals surface area contributed by atoms with Gasteiger partial charge in [-0.3, -0.25) is 0 Å². The van der Waals surface area contributed by atoms with Gasteiger partial charge in [-0.05, 0) is 146 Å². The van der Waals surface area contributed by atoms with Crippen LogP contribution in [0, 0.1) is 0 Å². The van der Waals surface area contributed by atoms with E-state index in [0.717, 1.165) is 11.4 Å². The second kappa shape index (κ2) is 14.7. The molecule has 0 atom stereocenters. The normalized spacial score (nSPS) is 14.8. The standard InChI is InChI=1S/C62H49N/c1-61(2)56-28-16-14-27-52(56)55-40-54(44-33-30-43(31-34-44)46-35-32-42-18-12-13-19-45(42)38-46)60(41-58(55)61)63(49-24-10-5-11-25-49)50-36-37-53-51-26-15-17-29-57(51)62(59(53)39-50,47-20-6-3-7-21-47)48-22-8-4-9-23-48/h3-11,14-17,20-41H,12-13,18-19H2,1-2H3. The Bertz CT molecular complexity index is 3140. The van der Waals surface area contributed by atoms with Gasteiger partial charge in [-0.2, -0.15) is 0 Å². The number of hydrogen-bond acceptors (Lipinski definition) is 1. The second-order valence-electron chi connectivity index (χ2n) is 18.3. The molecule has 1 heteroatoms. The van der Waals surface area contributed by atoms with Gasteiger partial charge in [0.25, 0.3) is 0 Å². The lowest BCUT2D eigenvalue weighted by atomic mass is 9.67. The number of fused-ring (bicyclic) bond motifs is 7. The Morgan fingerprint density at radius 1 is 0.349 bits per heavy atom. The van der Waals surface area contributed by atoms with Crippen molar-refractivity contribution in [3.8, 4) is 44.5 Å². The summed E-state index contributed by atoms with van der Waals surface area (Å²) < 4.78 is 0. The summed E-state index contributed by atoms with van der Waals surface area (Å²) in [6, 6.07) is 80.1. The molecule has 0 aromatic heterocycles. The Labute approximate surface area is 372 Å². The minimum Gasteiger partial charge on any atom is -0.310 e. The van der Waals surface area contributed by atoms with Gasteiger partial charge in [0.05, 0.1) is 11.1 Å². The summed E-state index contributed by atoms with van der Waals surface area (Å²) >= 11 is 0. The van der Waals surface area contributed by atoms with Crippen molar-refractivity contribution in [1.29, 1.82) is 0 Å². The molecule has 3 aliphatic carbocycles. The summed E-state index contributed by atoms with van der Waals surface area (Å²) in [4.78, 5) is 2.52. The molecule has 0 radical (unpaired) electrons. The predicted octanol–water partition coefficient (Wildman–Crippen LogP) is 16.0. The Morgan fingerprint density at radius 2 is 0.905 bits per heavy atom. The monoisotopic (exact) mass is 807 g/mol. The fourth-order valence-electron chi connectivity index (χ4n) is 11.5. The van der Waals surface area contributed by atoms with Gasteiger partial charge in [0.1, 0.15) is 0 Å². The van der Waals surface area contributed by atoms with Gasteiger partial charge in [0, 0.05) is 22.4 Å². The molecule has 63 heavy (non-hydrogen) atoms. The van der Waals surface area contributed by atoms with Crippen LogP contribution in [0.15, 0.2) is 212 Å². The SMILES string of the molecule is CC1(C)c2ccccc2-c2cc(-c3ccc(-c4ccc5c(c4)CCCC5)cc3)c(N(c3ccccc3)c3ccc4c(c3)C(c3ccccc3)(c3ccccc3)c3ccccc3-4)cc21. The molecule has 12 rings (SSSR count). The van der Waals surface area contributed by atoms with Crippen LogP contribution >= 0.6 is 0 Å². The van der Waals surface area contributed by atoms with E-state index < -0.39 is 5.41 Å². The van der Waals surface area contributed by atoms with E-state index in [-0.39, 0.29) is 5.41 Å². The van der Waals surface area contributed by atoms with Gasteiger partial charge in [-0.15, -0.1) is 0 Å². The highest BCUT2D eigenvalue weighted by Gasteiger charge is 2.46. The minimum absolute atomic E-state index is 0.173. The summed E-state index contributed by atoms with van der Waals surface area (Å²) in [5, 5.41) is 0. The zero-order valence-corrected chi connectivity index (χ0v) is 36.0. The van der Waals surface area contributed by atoms with E-state index in [1.165, 1.54) is 120 Å². The van der Waals surface area contributed by atoms with Crippen molar-refractivity contribution in [2.24, 2.45) is 0 Å². The van der Waals surface area contributed by atoms with E-state index in [2.05, 4.69) is 231 Å². The molecule has 9 aromatic rings. The van der Waals surface area contributed by atoms with Crippen LogP contribution in [0.25, 0.3) is 44.5 Å². The largest absolute Gasteiger partial charge is 0.310 e. The predicted molar refractivity (Wildman–Crippen MR) is 264 cm³/mol. The molecule has 0 fully saturated rings. The van der Waals surface area contributed by atoms with E-state index >= 15 is 0 Å². The molecule has 1 nitrogen and oxygen atoms in total. The maximum absolute atomic E-state index is 2.52. The average molecular weight is 808 g/mol. The first-order valence-corrected chi connectivity index (χ1v) is 22.7. The Hall–Kier alpha value is -7.22. The van der Waals surface area contributed by atoms with Crippen LogP contribution in [0.3, 0.4) is 0 Å². The molecule has 9 aromatic carbocycles. The van der Waals surface area contributed by atoms with E-state index in [1.54, 1.807) is 0 Å². The smallest absolute Gasteiger partial charge is 0.0714 e. The van der Waals surface area contributed by atoms with Crippen LogP contribution < -0.4 is 4.90 Å². The van der Waals surface area contributed by atoms with Gasteiger partial charge in [0.15, 0.2) is 0 Å². The van der Waals surface area contributed by atoms with Crippen LogP contribution in [0.5, 0.6) is 0 Å². The number of rotatable bonds is 7. The fourth-order valence-corrected chi connectivity index (χ4v) is 11.5. The van der Waals surface area contributed by atoms with Crippen LogP contribution in [0.4, 0.5) is 17.1 Å². The van der Waals surface area contributed by atoms with Crippen molar-refractivity contribution >= 4 is 17.1 Å². The molecule has 0 N–H and O–H groups in total. The molecule has 0 bridgehead atoms. The van der Waals surface area contributed by atoms with Crippen LogP contribution in [-0.2, 0) is 23.7 Å². The molecule has 0 aliphatic heterocycles. The number of hydrogen-bond donors (Lipinski definition) is 0. The number of benzene rings is 9. The van der Waals surface area contributed by atoms with Crippen molar-refractivity contribution in [2.45, 2.75) is 50.4 Å². The van der Waals surface area contributed by atoms with Crippen molar-refractivity contribution in [2.75, 3.05) is 4.90 Å². The summed E-state index contributed by atoms with van der Waals surface area (Å²) in [5.74, 6) is 0. The van der Waals surface area contributed by atoms with Crippen molar-refractivity contribution in [3.63, 3.8) is 0 Å². The van der Waals surface area contributed by atoms with Gasteiger partial charge >= 0.3 is 0 Å². The quantitative estimate of drug-likeness (QED) is 0.155.